The number of hydrogen-bond acceptors (Lipinski definition) is 2. The molecular formula is C25H48O2. The predicted molar refractivity (Wildman–Crippen MR) is 116 cm³/mol. The van der Waals surface area contributed by atoms with Gasteiger partial charge in [-0.05, 0) is 55.8 Å². The van der Waals surface area contributed by atoms with Crippen LogP contribution < -0.4 is 0 Å². The molecule has 4 unspecified atom stereocenters. The van der Waals surface area contributed by atoms with Crippen molar-refractivity contribution in [1.82, 2.24) is 0 Å². The van der Waals surface area contributed by atoms with Gasteiger partial charge in [-0.3, -0.25) is 0 Å². The highest BCUT2D eigenvalue weighted by Gasteiger charge is 2.31. The maximum absolute atomic E-state index is 10.9. The second-order valence-corrected chi connectivity index (χ2v) is 9.77. The lowest BCUT2D eigenvalue weighted by Gasteiger charge is -2.35. The van der Waals surface area contributed by atoms with Gasteiger partial charge in [-0.15, -0.1) is 0 Å². The van der Waals surface area contributed by atoms with Crippen LogP contribution in [0.4, 0.5) is 0 Å². The molecule has 2 heteroatoms. The first-order valence-electron chi connectivity index (χ1n) is 12.5. The van der Waals surface area contributed by atoms with Crippen molar-refractivity contribution in [3.05, 3.63) is 0 Å². The zero-order valence-corrected chi connectivity index (χ0v) is 18.4. The largest absolute Gasteiger partial charge is 0.393 e. The Balaban J connectivity index is 1.78. The molecule has 0 saturated heterocycles. The van der Waals surface area contributed by atoms with Crippen LogP contribution >= 0.6 is 0 Å². The third-order valence-electron chi connectivity index (χ3n) is 7.74. The van der Waals surface area contributed by atoms with Crippen LogP contribution in [0.3, 0.4) is 0 Å². The van der Waals surface area contributed by atoms with Gasteiger partial charge in [0.15, 0.2) is 0 Å². The predicted octanol–water partition coefficient (Wildman–Crippen LogP) is 6.87. The van der Waals surface area contributed by atoms with Gasteiger partial charge in [-0.25, -0.2) is 0 Å². The number of aliphatic hydroxyl groups excluding tert-OH is 2. The molecule has 2 saturated carbocycles. The van der Waals surface area contributed by atoms with Crippen molar-refractivity contribution in [2.75, 3.05) is 0 Å². The lowest BCUT2D eigenvalue weighted by Crippen LogP contribution is -2.31. The lowest BCUT2D eigenvalue weighted by molar-refractivity contribution is 0.0254. The molecule has 2 fully saturated rings. The average molecular weight is 381 g/mol. The molecule has 0 aromatic carbocycles. The Labute approximate surface area is 169 Å². The van der Waals surface area contributed by atoms with E-state index in [1.54, 1.807) is 0 Å². The summed E-state index contributed by atoms with van der Waals surface area (Å²) in [4.78, 5) is 0. The average Bonchev–Trinajstić information content (AvgIpc) is 2.71. The second-order valence-electron chi connectivity index (χ2n) is 9.77. The van der Waals surface area contributed by atoms with Crippen molar-refractivity contribution in [1.29, 1.82) is 0 Å². The molecule has 0 heterocycles. The lowest BCUT2D eigenvalue weighted by atomic mass is 9.73. The van der Waals surface area contributed by atoms with Crippen molar-refractivity contribution in [3.8, 4) is 0 Å². The first-order chi connectivity index (χ1) is 13.2. The van der Waals surface area contributed by atoms with Gasteiger partial charge in [0, 0.05) is 0 Å². The summed E-state index contributed by atoms with van der Waals surface area (Å²) in [6.07, 6.45) is 20.7. The Morgan fingerprint density at radius 3 is 1.30 bits per heavy atom. The van der Waals surface area contributed by atoms with Gasteiger partial charge in [0.1, 0.15) is 0 Å². The van der Waals surface area contributed by atoms with Crippen molar-refractivity contribution < 1.29 is 10.2 Å². The van der Waals surface area contributed by atoms with Gasteiger partial charge >= 0.3 is 0 Å². The molecule has 0 radical (unpaired) electrons. The van der Waals surface area contributed by atoms with E-state index in [1.165, 1.54) is 89.9 Å². The molecule has 2 nitrogen and oxygen atoms in total. The number of rotatable bonds is 12. The molecule has 2 aliphatic carbocycles. The Kier molecular flexibility index (Phi) is 11.3. The third-order valence-corrected chi connectivity index (χ3v) is 7.74. The summed E-state index contributed by atoms with van der Waals surface area (Å²) in [5.41, 5.74) is 0. The first kappa shape index (κ1) is 23.2. The van der Waals surface area contributed by atoms with Gasteiger partial charge in [0.05, 0.1) is 12.2 Å². The minimum Gasteiger partial charge on any atom is -0.393 e. The molecule has 160 valence electrons. The summed E-state index contributed by atoms with van der Waals surface area (Å²) in [6, 6.07) is 0. The van der Waals surface area contributed by atoms with Crippen LogP contribution in [-0.2, 0) is 0 Å². The Bertz CT molecular complexity index is 323. The Morgan fingerprint density at radius 2 is 0.963 bits per heavy atom. The van der Waals surface area contributed by atoms with Crippen LogP contribution in [0.1, 0.15) is 123 Å². The fourth-order valence-corrected chi connectivity index (χ4v) is 6.24. The van der Waals surface area contributed by atoms with E-state index in [0.717, 1.165) is 31.1 Å². The van der Waals surface area contributed by atoms with E-state index in [9.17, 15) is 10.2 Å². The Morgan fingerprint density at radius 1 is 0.593 bits per heavy atom. The summed E-state index contributed by atoms with van der Waals surface area (Å²) in [5, 5.41) is 21.8. The van der Waals surface area contributed by atoms with Crippen LogP contribution in [-0.4, -0.2) is 22.4 Å². The molecule has 4 atom stereocenters. The van der Waals surface area contributed by atoms with Crippen molar-refractivity contribution in [2.24, 2.45) is 23.7 Å². The molecule has 0 aromatic rings. The van der Waals surface area contributed by atoms with E-state index in [0.29, 0.717) is 11.8 Å². The van der Waals surface area contributed by atoms with Crippen LogP contribution in [0.5, 0.6) is 0 Å². The maximum Gasteiger partial charge on any atom is 0.0571 e. The van der Waals surface area contributed by atoms with E-state index >= 15 is 0 Å². The SMILES string of the molecule is CCCC(C(O)CCCC(O)C(CCC)C1CCCCC1)C1CCCCC1. The summed E-state index contributed by atoms with van der Waals surface area (Å²) in [5.74, 6) is 2.48. The van der Waals surface area contributed by atoms with Crippen LogP contribution in [0, 0.1) is 23.7 Å². The fourth-order valence-electron chi connectivity index (χ4n) is 6.24. The van der Waals surface area contributed by atoms with Gasteiger partial charge < -0.3 is 10.2 Å². The van der Waals surface area contributed by atoms with Gasteiger partial charge in [0.25, 0.3) is 0 Å². The van der Waals surface area contributed by atoms with E-state index in [1.807, 2.05) is 0 Å². The van der Waals surface area contributed by atoms with E-state index in [4.69, 9.17) is 0 Å². The zero-order chi connectivity index (χ0) is 19.5. The summed E-state index contributed by atoms with van der Waals surface area (Å²) in [7, 11) is 0. The third kappa shape index (κ3) is 7.69. The van der Waals surface area contributed by atoms with Crippen molar-refractivity contribution in [3.63, 3.8) is 0 Å². The zero-order valence-electron chi connectivity index (χ0n) is 18.4. The molecule has 0 bridgehead atoms. The van der Waals surface area contributed by atoms with E-state index in [2.05, 4.69) is 13.8 Å². The van der Waals surface area contributed by atoms with Crippen LogP contribution in [0.25, 0.3) is 0 Å². The van der Waals surface area contributed by atoms with Gasteiger partial charge in [-0.1, -0.05) is 90.9 Å². The Hall–Kier alpha value is -0.0800. The van der Waals surface area contributed by atoms with Crippen LogP contribution in [0.15, 0.2) is 0 Å². The molecular weight excluding hydrogens is 332 g/mol. The van der Waals surface area contributed by atoms with Crippen molar-refractivity contribution in [2.45, 2.75) is 135 Å². The van der Waals surface area contributed by atoms with Crippen molar-refractivity contribution >= 4 is 0 Å². The van der Waals surface area contributed by atoms with Gasteiger partial charge in [-0.2, -0.15) is 0 Å². The molecule has 2 rings (SSSR count). The summed E-state index contributed by atoms with van der Waals surface area (Å²) < 4.78 is 0. The number of hydrogen-bond donors (Lipinski definition) is 2. The highest BCUT2D eigenvalue weighted by molar-refractivity contribution is 4.82. The normalized spacial score (nSPS) is 24.4. The van der Waals surface area contributed by atoms with E-state index in [-0.39, 0.29) is 12.2 Å². The molecule has 2 aliphatic rings. The molecule has 0 spiro atoms. The number of aliphatic hydroxyl groups is 2. The fraction of sp³-hybridized carbons (Fsp3) is 1.00. The molecule has 0 aromatic heterocycles. The smallest absolute Gasteiger partial charge is 0.0571 e. The topological polar surface area (TPSA) is 40.5 Å². The highest BCUT2D eigenvalue weighted by Crippen LogP contribution is 2.37. The standard InChI is InChI=1S/C25H48O2/c1-3-12-22(20-14-7-5-8-15-20)24(26)18-11-19-25(27)23(13-4-2)21-16-9-6-10-17-21/h20-27H,3-19H2,1-2H3. The molecule has 0 aliphatic heterocycles. The first-order valence-corrected chi connectivity index (χ1v) is 12.5. The highest BCUT2D eigenvalue weighted by atomic mass is 16.3. The van der Waals surface area contributed by atoms with E-state index < -0.39 is 0 Å². The maximum atomic E-state index is 10.9. The molecule has 27 heavy (non-hydrogen) atoms. The summed E-state index contributed by atoms with van der Waals surface area (Å²) >= 11 is 0. The van der Waals surface area contributed by atoms with Gasteiger partial charge in [0.2, 0.25) is 0 Å². The second kappa shape index (κ2) is 13.2. The molecule has 0 amide bonds. The minimum atomic E-state index is -0.153. The monoisotopic (exact) mass is 380 g/mol. The van der Waals surface area contributed by atoms with Crippen LogP contribution in [0.2, 0.25) is 0 Å². The minimum absolute atomic E-state index is 0.153. The quantitative estimate of drug-likeness (QED) is 0.388. The summed E-state index contributed by atoms with van der Waals surface area (Å²) in [6.45, 7) is 4.51. The molecule has 2 N–H and O–H groups in total.